The Morgan fingerprint density at radius 3 is 1.85 bits per heavy atom. The Hall–Kier alpha value is -6.32. The van der Waals surface area contributed by atoms with E-state index in [1.807, 2.05) is 0 Å². The lowest BCUT2D eigenvalue weighted by atomic mass is 9.80. The lowest BCUT2D eigenvalue weighted by molar-refractivity contribution is -0.384. The molecule has 0 spiro atoms. The smallest absolute Gasteiger partial charge is 0.337 e. The number of aromatic nitrogens is 2. The lowest BCUT2D eigenvalue weighted by Crippen LogP contribution is -2.33. The van der Waals surface area contributed by atoms with Crippen LogP contribution in [0.3, 0.4) is 0 Å². The van der Waals surface area contributed by atoms with E-state index in [0.717, 1.165) is 0 Å². The molecule has 0 bridgehead atoms. The van der Waals surface area contributed by atoms with Crippen molar-refractivity contribution in [2.24, 2.45) is 0 Å². The van der Waals surface area contributed by atoms with E-state index in [4.69, 9.17) is 23.6 Å². The topological polar surface area (TPSA) is 211 Å². The number of ether oxygens (including phenoxy) is 4. The van der Waals surface area contributed by atoms with E-state index in [1.54, 1.807) is 72.7 Å². The predicted octanol–water partition coefficient (Wildman–Crippen LogP) is 5.15. The van der Waals surface area contributed by atoms with Crippen LogP contribution in [0.15, 0.2) is 92.2 Å². The minimum atomic E-state index is -0.831. The van der Waals surface area contributed by atoms with Crippen LogP contribution in [0.2, 0.25) is 0 Å². The number of carbonyl (C=O) groups is 4. The first kappa shape index (κ1) is 39.5. The van der Waals surface area contributed by atoms with Crippen molar-refractivity contribution in [3.63, 3.8) is 0 Å². The van der Waals surface area contributed by atoms with Crippen molar-refractivity contribution in [2.45, 2.75) is 66.4 Å². The molecule has 2 atom stereocenters. The number of dihydropyridines is 2. The van der Waals surface area contributed by atoms with Crippen molar-refractivity contribution in [3.8, 4) is 0 Å². The summed E-state index contributed by atoms with van der Waals surface area (Å²) in [7, 11) is 2.54. The third kappa shape index (κ3) is 8.27. The normalized spacial score (nSPS) is 17.1. The first-order valence-electron chi connectivity index (χ1n) is 16.5. The fourth-order valence-corrected chi connectivity index (χ4v) is 6.30. The van der Waals surface area contributed by atoms with E-state index >= 15 is 0 Å². The second-order valence-corrected chi connectivity index (χ2v) is 12.3. The Bertz CT molecular complexity index is 2090. The van der Waals surface area contributed by atoms with Gasteiger partial charge in [0, 0.05) is 34.9 Å². The van der Waals surface area contributed by atoms with E-state index < -0.39 is 40.6 Å². The van der Waals surface area contributed by atoms with Crippen LogP contribution in [-0.4, -0.2) is 66.0 Å². The number of non-ortho nitro benzene ring substituents is 1. The molecule has 0 saturated carbocycles. The fourth-order valence-electron chi connectivity index (χ4n) is 6.30. The molecule has 53 heavy (non-hydrogen) atoms. The zero-order chi connectivity index (χ0) is 39.1. The van der Waals surface area contributed by atoms with Crippen LogP contribution in [0, 0.1) is 10.1 Å². The first-order chi connectivity index (χ1) is 25.2. The van der Waals surface area contributed by atoms with Crippen LogP contribution < -0.4 is 10.6 Å². The van der Waals surface area contributed by atoms with E-state index in [9.17, 15) is 29.3 Å². The van der Waals surface area contributed by atoms with Crippen LogP contribution in [0.5, 0.6) is 0 Å². The quantitative estimate of drug-likeness (QED) is 0.126. The van der Waals surface area contributed by atoms with Crippen LogP contribution in [0.25, 0.3) is 11.0 Å². The van der Waals surface area contributed by atoms with Gasteiger partial charge >= 0.3 is 23.9 Å². The summed E-state index contributed by atoms with van der Waals surface area (Å²) in [5, 5.41) is 25.0. The molecule has 2 unspecified atom stereocenters. The van der Waals surface area contributed by atoms with Crippen molar-refractivity contribution in [1.29, 1.82) is 0 Å². The van der Waals surface area contributed by atoms with Gasteiger partial charge in [0.25, 0.3) is 5.69 Å². The largest absolute Gasteiger partial charge is 0.466 e. The molecule has 3 aromatic rings. The molecule has 0 saturated heterocycles. The van der Waals surface area contributed by atoms with Crippen molar-refractivity contribution < 1.29 is 47.7 Å². The van der Waals surface area contributed by atoms with Crippen LogP contribution in [0.4, 0.5) is 5.69 Å². The number of allylic oxidation sites excluding steroid dienone is 4. The maximum absolute atomic E-state index is 12.9. The Morgan fingerprint density at radius 1 is 0.792 bits per heavy atom. The Kier molecular flexibility index (Phi) is 12.5. The number of fused-ring (bicyclic) bond motifs is 1. The van der Waals surface area contributed by atoms with Crippen LogP contribution in [0.1, 0.15) is 71.4 Å². The highest BCUT2D eigenvalue weighted by atomic mass is 16.6. The number of hydrogen-bond acceptors (Lipinski definition) is 15. The van der Waals surface area contributed by atoms with Gasteiger partial charge in [-0.2, -0.15) is 0 Å². The van der Waals surface area contributed by atoms with Gasteiger partial charge in [-0.3, -0.25) is 10.1 Å². The highest BCUT2D eigenvalue weighted by Gasteiger charge is 2.40. The van der Waals surface area contributed by atoms with E-state index in [-0.39, 0.29) is 29.5 Å². The molecule has 2 aromatic carbocycles. The number of esters is 4. The summed E-state index contributed by atoms with van der Waals surface area (Å²) in [6.07, 6.45) is -0.309. The Balaban J connectivity index is 0.000000237. The second kappa shape index (κ2) is 16.8. The summed E-state index contributed by atoms with van der Waals surface area (Å²) in [5.41, 5.74) is 5.21. The zero-order valence-corrected chi connectivity index (χ0v) is 30.8. The van der Waals surface area contributed by atoms with E-state index in [0.29, 0.717) is 56.1 Å². The first-order valence-corrected chi connectivity index (χ1v) is 16.5. The molecule has 280 valence electrons. The number of nitrogens with zero attached hydrogens (tertiary/aromatic N) is 3. The maximum atomic E-state index is 12.9. The molecule has 2 N–H and O–H groups in total. The number of rotatable bonds is 9. The predicted molar refractivity (Wildman–Crippen MR) is 189 cm³/mol. The van der Waals surface area contributed by atoms with Crippen LogP contribution >= 0.6 is 0 Å². The molecule has 0 aliphatic carbocycles. The average molecular weight is 732 g/mol. The molecule has 2 aliphatic heterocycles. The van der Waals surface area contributed by atoms with E-state index in [1.165, 1.54) is 32.4 Å². The summed E-state index contributed by atoms with van der Waals surface area (Å²) >= 11 is 0. The van der Waals surface area contributed by atoms with Crippen LogP contribution in [-0.2, 0) is 38.1 Å². The Morgan fingerprint density at radius 2 is 1.32 bits per heavy atom. The molecular formula is C37H41N5O11. The summed E-state index contributed by atoms with van der Waals surface area (Å²) in [6, 6.07) is 11.1. The van der Waals surface area contributed by atoms with Gasteiger partial charge < -0.3 is 29.6 Å². The highest BCUT2D eigenvalue weighted by molar-refractivity contribution is 6.02. The van der Waals surface area contributed by atoms with Gasteiger partial charge in [-0.1, -0.05) is 24.3 Å². The molecule has 0 radical (unpaired) electrons. The van der Waals surface area contributed by atoms with Gasteiger partial charge in [-0.05, 0) is 76.0 Å². The van der Waals surface area contributed by atoms with Crippen molar-refractivity contribution in [2.75, 3.05) is 20.8 Å². The third-order valence-electron chi connectivity index (χ3n) is 8.43. The van der Waals surface area contributed by atoms with Crippen molar-refractivity contribution in [1.82, 2.24) is 20.9 Å². The fraction of sp³-hybridized carbons (Fsp3) is 0.351. The number of benzene rings is 2. The molecule has 16 nitrogen and oxygen atoms in total. The van der Waals surface area contributed by atoms with Gasteiger partial charge in [0.2, 0.25) is 0 Å². The van der Waals surface area contributed by atoms with Gasteiger partial charge in [-0.25, -0.2) is 23.8 Å². The number of nitrogens with one attached hydrogen (secondary N) is 2. The number of hydrogen-bond donors (Lipinski definition) is 2. The molecule has 0 amide bonds. The summed E-state index contributed by atoms with van der Waals surface area (Å²) < 4.78 is 25.3. The summed E-state index contributed by atoms with van der Waals surface area (Å²) in [5.74, 6) is -3.82. The van der Waals surface area contributed by atoms with Gasteiger partial charge in [-0.15, -0.1) is 0 Å². The van der Waals surface area contributed by atoms with Gasteiger partial charge in [0.15, 0.2) is 0 Å². The number of carbonyl (C=O) groups excluding carboxylic acids is 4. The number of methoxy groups -OCH3 is 2. The molecule has 2 aliphatic rings. The second-order valence-electron chi connectivity index (χ2n) is 12.3. The molecule has 1 aromatic heterocycles. The molecule has 0 fully saturated rings. The van der Waals surface area contributed by atoms with Gasteiger partial charge in [0.1, 0.15) is 11.0 Å². The molecule has 16 heteroatoms. The minimum Gasteiger partial charge on any atom is -0.466 e. The SMILES string of the molecule is CCOC(=O)C1=C(C)NC(C)=C(C(=O)OC)C1c1cccc([N+](=O)[O-])c1.COC(=O)C1=C(C)NC(C)=C(C(=O)OC(C)C)C1c1cccc2nonc12. The summed E-state index contributed by atoms with van der Waals surface area (Å²) in [6.45, 7) is 12.3. The highest BCUT2D eigenvalue weighted by Crippen LogP contribution is 2.42. The Labute approximate surface area is 305 Å². The molecule has 3 heterocycles. The third-order valence-corrected chi connectivity index (χ3v) is 8.43. The average Bonchev–Trinajstić information content (AvgIpc) is 3.60. The number of nitro benzene ring substituents is 1. The minimum absolute atomic E-state index is 0.135. The lowest BCUT2D eigenvalue weighted by Gasteiger charge is -2.30. The number of nitro groups is 1. The van der Waals surface area contributed by atoms with Gasteiger partial charge in [0.05, 0.1) is 66.0 Å². The maximum Gasteiger partial charge on any atom is 0.337 e. The van der Waals surface area contributed by atoms with E-state index in [2.05, 4.69) is 20.9 Å². The standard InChI is InChI=1S/C19H21N3O5.C18H20N2O6/c1-9(2)26-19(24)15-11(4)20-10(3)14(18(23)25-5)16(15)12-7-6-8-13-17(12)22-27-21-13;1-5-26-18(22)15-11(3)19-10(2)14(17(21)25-4)16(15)12-7-6-8-13(9-12)20(23)24/h6-9,16,20H,1-5H3;6-9,16,19H,5H2,1-4H3. The van der Waals surface area contributed by atoms with Crippen molar-refractivity contribution >= 4 is 40.6 Å². The monoisotopic (exact) mass is 731 g/mol. The summed E-state index contributed by atoms with van der Waals surface area (Å²) in [4.78, 5) is 61.0. The molecule has 5 rings (SSSR count). The zero-order valence-electron chi connectivity index (χ0n) is 30.8. The van der Waals surface area contributed by atoms with Crippen molar-refractivity contribution in [3.05, 3.63) is 109 Å². The molecular weight excluding hydrogens is 690 g/mol.